The first-order valence-corrected chi connectivity index (χ1v) is 8.64. The van der Waals surface area contributed by atoms with Gasteiger partial charge in [0.15, 0.2) is 0 Å². The molecule has 1 aromatic heterocycles. The molecule has 11 heteroatoms. The van der Waals surface area contributed by atoms with Crippen LogP contribution >= 0.6 is 0 Å². The van der Waals surface area contributed by atoms with Gasteiger partial charge in [0, 0.05) is 11.3 Å². The lowest BCUT2D eigenvalue weighted by molar-refractivity contribution is -0.147. The fourth-order valence-electron chi connectivity index (χ4n) is 2.80. The van der Waals surface area contributed by atoms with Crippen LogP contribution in [-0.2, 0) is 22.3 Å². The zero-order valence-corrected chi connectivity index (χ0v) is 15.4. The summed E-state index contributed by atoms with van der Waals surface area (Å²) in [7, 11) is 0. The number of carbonyl (C=O) groups excluding carboxylic acids is 3. The number of fused-ring (bicyclic) bond motifs is 1. The standard InChI is InChI=1S/C19H16F3N5O3/c20-19(21,22)18-26-13-6-1-2-7-14(13)27(18)10-16(29)25-12-5-3-4-11(8-12)17(30)24-9-15(23)28/h1-8H,9-10H2,(H2,23,28)(H,24,30)(H,25,29). The van der Waals surface area contributed by atoms with E-state index in [0.717, 1.165) is 4.57 Å². The fourth-order valence-corrected chi connectivity index (χ4v) is 2.80. The molecule has 8 nitrogen and oxygen atoms in total. The number of anilines is 1. The number of benzene rings is 2. The van der Waals surface area contributed by atoms with Crippen LogP contribution in [0.2, 0.25) is 0 Å². The van der Waals surface area contributed by atoms with Crippen molar-refractivity contribution in [2.24, 2.45) is 5.73 Å². The van der Waals surface area contributed by atoms with E-state index in [-0.39, 0.29) is 28.8 Å². The van der Waals surface area contributed by atoms with Crippen LogP contribution in [0.3, 0.4) is 0 Å². The molecule has 3 rings (SSSR count). The highest BCUT2D eigenvalue weighted by molar-refractivity contribution is 5.98. The minimum Gasteiger partial charge on any atom is -0.368 e. The number of aromatic nitrogens is 2. The van der Waals surface area contributed by atoms with Gasteiger partial charge in [0.2, 0.25) is 17.6 Å². The average molecular weight is 419 g/mol. The van der Waals surface area contributed by atoms with E-state index in [4.69, 9.17) is 5.73 Å². The van der Waals surface area contributed by atoms with Crippen molar-refractivity contribution >= 4 is 34.4 Å². The predicted molar refractivity (Wildman–Crippen MR) is 101 cm³/mol. The summed E-state index contributed by atoms with van der Waals surface area (Å²) in [6, 6.07) is 11.7. The number of rotatable bonds is 6. The van der Waals surface area contributed by atoms with Gasteiger partial charge >= 0.3 is 6.18 Å². The molecular formula is C19H16F3N5O3. The summed E-state index contributed by atoms with van der Waals surface area (Å²) in [6.45, 7) is -0.989. The first-order valence-electron chi connectivity index (χ1n) is 8.64. The number of amides is 3. The molecule has 0 aliphatic rings. The number of carbonyl (C=O) groups is 3. The lowest BCUT2D eigenvalue weighted by atomic mass is 10.2. The molecule has 3 amide bonds. The molecule has 0 bridgehead atoms. The second kappa shape index (κ2) is 8.23. The maximum atomic E-state index is 13.3. The summed E-state index contributed by atoms with van der Waals surface area (Å²) in [4.78, 5) is 38.7. The van der Waals surface area contributed by atoms with Gasteiger partial charge in [-0.05, 0) is 30.3 Å². The van der Waals surface area contributed by atoms with Gasteiger partial charge in [-0.2, -0.15) is 13.2 Å². The molecule has 2 aromatic carbocycles. The molecule has 156 valence electrons. The van der Waals surface area contributed by atoms with Gasteiger partial charge in [-0.15, -0.1) is 0 Å². The van der Waals surface area contributed by atoms with Crippen molar-refractivity contribution in [3.05, 3.63) is 59.9 Å². The number of para-hydroxylation sites is 2. The van der Waals surface area contributed by atoms with E-state index in [1.54, 1.807) is 12.1 Å². The highest BCUT2D eigenvalue weighted by Gasteiger charge is 2.38. The Morgan fingerprint density at radius 2 is 1.80 bits per heavy atom. The van der Waals surface area contributed by atoms with Gasteiger partial charge in [-0.3, -0.25) is 14.4 Å². The molecule has 0 aliphatic carbocycles. The van der Waals surface area contributed by atoms with Gasteiger partial charge < -0.3 is 20.9 Å². The molecule has 3 aromatic rings. The summed E-state index contributed by atoms with van der Waals surface area (Å²) >= 11 is 0. The molecule has 0 radical (unpaired) electrons. The smallest absolute Gasteiger partial charge is 0.368 e. The summed E-state index contributed by atoms with van der Waals surface area (Å²) < 4.78 is 40.8. The van der Waals surface area contributed by atoms with Gasteiger partial charge in [0.25, 0.3) is 5.91 Å². The summed E-state index contributed by atoms with van der Waals surface area (Å²) in [5.41, 5.74) is 5.58. The van der Waals surface area contributed by atoms with E-state index in [1.165, 1.54) is 36.4 Å². The molecule has 0 atom stereocenters. The van der Waals surface area contributed by atoms with Crippen molar-refractivity contribution in [3.8, 4) is 0 Å². The zero-order chi connectivity index (χ0) is 21.9. The minimum atomic E-state index is -4.74. The first kappa shape index (κ1) is 20.8. The predicted octanol–water partition coefficient (Wildman–Crippen LogP) is 1.91. The molecule has 1 heterocycles. The normalized spacial score (nSPS) is 11.3. The third kappa shape index (κ3) is 4.74. The Hall–Kier alpha value is -3.89. The molecule has 30 heavy (non-hydrogen) atoms. The monoisotopic (exact) mass is 419 g/mol. The Morgan fingerprint density at radius 3 is 2.50 bits per heavy atom. The number of nitrogens with one attached hydrogen (secondary N) is 2. The lowest BCUT2D eigenvalue weighted by Gasteiger charge is -2.12. The van der Waals surface area contributed by atoms with Crippen LogP contribution in [0.1, 0.15) is 16.2 Å². The van der Waals surface area contributed by atoms with Gasteiger partial charge in [-0.1, -0.05) is 18.2 Å². The number of hydrogen-bond donors (Lipinski definition) is 3. The van der Waals surface area contributed by atoms with Crippen LogP contribution in [0.4, 0.5) is 18.9 Å². The Balaban J connectivity index is 1.79. The Kier molecular flexibility index (Phi) is 5.72. The highest BCUT2D eigenvalue weighted by Crippen LogP contribution is 2.31. The molecule has 0 saturated carbocycles. The van der Waals surface area contributed by atoms with E-state index < -0.39 is 36.3 Å². The first-order chi connectivity index (χ1) is 14.1. The number of nitrogens with zero attached hydrogens (tertiary/aromatic N) is 2. The third-order valence-corrected chi connectivity index (χ3v) is 4.04. The molecule has 0 saturated heterocycles. The molecule has 0 spiro atoms. The molecule has 0 fully saturated rings. The van der Waals surface area contributed by atoms with E-state index in [9.17, 15) is 27.6 Å². The van der Waals surface area contributed by atoms with Crippen LogP contribution in [-0.4, -0.2) is 33.8 Å². The van der Waals surface area contributed by atoms with E-state index in [0.29, 0.717) is 0 Å². The maximum Gasteiger partial charge on any atom is 0.449 e. The Labute approximate surface area is 167 Å². The van der Waals surface area contributed by atoms with Gasteiger partial charge in [0.05, 0.1) is 17.6 Å². The quantitative estimate of drug-likeness (QED) is 0.565. The number of alkyl halides is 3. The van der Waals surface area contributed by atoms with Crippen LogP contribution in [0.15, 0.2) is 48.5 Å². The second-order valence-electron chi connectivity index (χ2n) is 6.29. The number of imidazole rings is 1. The van der Waals surface area contributed by atoms with Gasteiger partial charge in [-0.25, -0.2) is 4.98 Å². The second-order valence-corrected chi connectivity index (χ2v) is 6.29. The van der Waals surface area contributed by atoms with E-state index >= 15 is 0 Å². The Morgan fingerprint density at radius 1 is 1.07 bits per heavy atom. The van der Waals surface area contributed by atoms with Gasteiger partial charge in [0.1, 0.15) is 6.54 Å². The molecule has 4 N–H and O–H groups in total. The van der Waals surface area contributed by atoms with Crippen molar-refractivity contribution in [1.82, 2.24) is 14.9 Å². The highest BCUT2D eigenvalue weighted by atomic mass is 19.4. The summed E-state index contributed by atoms with van der Waals surface area (Å²) in [5, 5.41) is 4.75. The van der Waals surface area contributed by atoms with E-state index in [1.807, 2.05) is 0 Å². The fraction of sp³-hybridized carbons (Fsp3) is 0.158. The van der Waals surface area contributed by atoms with Crippen LogP contribution in [0, 0.1) is 0 Å². The van der Waals surface area contributed by atoms with Crippen LogP contribution in [0.25, 0.3) is 11.0 Å². The average Bonchev–Trinajstić information content (AvgIpc) is 3.05. The summed E-state index contributed by atoms with van der Waals surface area (Å²) in [6.07, 6.45) is -4.74. The van der Waals surface area contributed by atoms with Crippen LogP contribution < -0.4 is 16.4 Å². The van der Waals surface area contributed by atoms with Crippen molar-refractivity contribution in [3.63, 3.8) is 0 Å². The number of nitrogens with two attached hydrogens (primary N) is 1. The van der Waals surface area contributed by atoms with Crippen LogP contribution in [0.5, 0.6) is 0 Å². The van der Waals surface area contributed by atoms with Crippen molar-refractivity contribution < 1.29 is 27.6 Å². The minimum absolute atomic E-state index is 0.116. The zero-order valence-electron chi connectivity index (χ0n) is 15.4. The Bertz CT molecular complexity index is 1120. The molecular weight excluding hydrogens is 403 g/mol. The largest absolute Gasteiger partial charge is 0.449 e. The molecule has 0 aliphatic heterocycles. The van der Waals surface area contributed by atoms with Crippen molar-refractivity contribution in [2.45, 2.75) is 12.7 Å². The third-order valence-electron chi connectivity index (χ3n) is 4.04. The molecule has 0 unspecified atom stereocenters. The maximum absolute atomic E-state index is 13.3. The lowest BCUT2D eigenvalue weighted by Crippen LogP contribution is -2.33. The summed E-state index contributed by atoms with van der Waals surface area (Å²) in [5.74, 6) is -3.23. The van der Waals surface area contributed by atoms with E-state index in [2.05, 4.69) is 15.6 Å². The number of halogens is 3. The topological polar surface area (TPSA) is 119 Å². The number of primary amides is 1. The SMILES string of the molecule is NC(=O)CNC(=O)c1cccc(NC(=O)Cn2c(C(F)(F)F)nc3ccccc32)c1. The number of hydrogen-bond acceptors (Lipinski definition) is 4. The van der Waals surface area contributed by atoms with Crippen molar-refractivity contribution in [1.29, 1.82) is 0 Å². The van der Waals surface area contributed by atoms with Crippen molar-refractivity contribution in [2.75, 3.05) is 11.9 Å².